The normalized spacial score (nSPS) is 32.7. The van der Waals surface area contributed by atoms with Crippen molar-refractivity contribution < 1.29 is 42.5 Å². The first-order valence-electron chi connectivity index (χ1n) is 13.8. The van der Waals surface area contributed by atoms with Gasteiger partial charge in [0, 0.05) is 18.4 Å². The minimum Gasteiger partial charge on any atom is -0.506 e. The molecular weight excluding hydrogens is 547 g/mol. The standard InChI is InChI=1S/C28H34F3N3O7/c1-25(2)26(3)9-8-15-13-20(27(15,25)26)41-24(39)17-5-4-10-34(17)23(38)21(28(29,30)31)32-22(37)19(36)12-14-6-7-18(35)16(11-14)33-40/h6-7,11,15,17,19-21,35-36H,4-5,8-10,12-13H2,1-3H3,(H,32,37). The van der Waals surface area contributed by atoms with Gasteiger partial charge >= 0.3 is 12.1 Å². The van der Waals surface area contributed by atoms with Gasteiger partial charge in [-0.25, -0.2) is 4.79 Å². The number of nitrogens with zero attached hydrogens (tertiary/aromatic N) is 2. The topological polar surface area (TPSA) is 146 Å². The summed E-state index contributed by atoms with van der Waals surface area (Å²) in [6.07, 6.45) is -4.84. The molecule has 1 saturated heterocycles. The number of halogens is 3. The van der Waals surface area contributed by atoms with Crippen LogP contribution in [0.4, 0.5) is 18.9 Å². The molecule has 3 N–H and O–H groups in total. The Morgan fingerprint density at radius 1 is 1.22 bits per heavy atom. The van der Waals surface area contributed by atoms with Crippen molar-refractivity contribution in [3.8, 4) is 5.75 Å². The van der Waals surface area contributed by atoms with Gasteiger partial charge in [0.2, 0.25) is 11.9 Å². The maximum Gasteiger partial charge on any atom is 0.417 e. The van der Waals surface area contributed by atoms with Crippen LogP contribution in [0.5, 0.6) is 5.75 Å². The molecule has 1 heterocycles. The smallest absolute Gasteiger partial charge is 0.417 e. The molecule has 1 aliphatic heterocycles. The molecule has 4 fully saturated rings. The van der Waals surface area contributed by atoms with Gasteiger partial charge in [0.05, 0.1) is 0 Å². The van der Waals surface area contributed by atoms with Gasteiger partial charge in [0.1, 0.15) is 29.7 Å². The number of esters is 1. The number of rotatable bonds is 8. The minimum atomic E-state index is -5.21. The number of amides is 2. The van der Waals surface area contributed by atoms with E-state index in [2.05, 4.69) is 25.9 Å². The molecule has 41 heavy (non-hydrogen) atoms. The fraction of sp³-hybridized carbons (Fsp3) is 0.679. The van der Waals surface area contributed by atoms with Crippen molar-refractivity contribution in [2.24, 2.45) is 27.3 Å². The van der Waals surface area contributed by atoms with Crippen molar-refractivity contribution in [3.63, 3.8) is 0 Å². The molecule has 3 aliphatic carbocycles. The lowest BCUT2D eigenvalue weighted by atomic mass is 9.64. The van der Waals surface area contributed by atoms with Gasteiger partial charge < -0.3 is 25.2 Å². The third kappa shape index (κ3) is 4.21. The number of carbonyl (C=O) groups excluding carboxylic acids is 3. The molecule has 4 aliphatic rings. The summed E-state index contributed by atoms with van der Waals surface area (Å²) in [4.78, 5) is 50.5. The van der Waals surface area contributed by atoms with Crippen LogP contribution in [0.3, 0.4) is 0 Å². The van der Waals surface area contributed by atoms with Crippen LogP contribution in [0.1, 0.15) is 58.4 Å². The van der Waals surface area contributed by atoms with E-state index >= 15 is 0 Å². The van der Waals surface area contributed by atoms with Crippen LogP contribution < -0.4 is 5.32 Å². The first-order chi connectivity index (χ1) is 19.1. The molecule has 10 nitrogen and oxygen atoms in total. The Balaban J connectivity index is 1.25. The highest BCUT2D eigenvalue weighted by molar-refractivity contribution is 5.93. The highest BCUT2D eigenvalue weighted by atomic mass is 19.4. The van der Waals surface area contributed by atoms with Crippen molar-refractivity contribution in [1.29, 1.82) is 0 Å². The number of ether oxygens (including phenoxy) is 1. The molecule has 3 saturated carbocycles. The molecule has 0 radical (unpaired) electrons. The Morgan fingerprint density at radius 3 is 2.54 bits per heavy atom. The summed E-state index contributed by atoms with van der Waals surface area (Å²) in [6, 6.07) is -0.769. The maximum atomic E-state index is 14.0. The van der Waals surface area contributed by atoms with Crippen LogP contribution in [0.25, 0.3) is 0 Å². The second-order valence-corrected chi connectivity index (χ2v) is 12.5. The first-order valence-corrected chi connectivity index (χ1v) is 13.8. The number of hydrogen-bond donors (Lipinski definition) is 3. The van der Waals surface area contributed by atoms with Crippen molar-refractivity contribution >= 4 is 23.5 Å². The zero-order chi connectivity index (χ0) is 30.1. The number of phenols is 1. The van der Waals surface area contributed by atoms with E-state index in [-0.39, 0.29) is 46.6 Å². The molecule has 1 aromatic rings. The monoisotopic (exact) mass is 581 g/mol. The predicted octanol–water partition coefficient (Wildman–Crippen LogP) is 3.49. The molecular formula is C28H34F3N3O7. The molecule has 1 aromatic carbocycles. The molecule has 7 unspecified atom stereocenters. The molecule has 7 atom stereocenters. The number of phenolic OH excluding ortho intramolecular Hbond substituents is 1. The van der Waals surface area contributed by atoms with E-state index in [4.69, 9.17) is 4.74 Å². The van der Waals surface area contributed by atoms with E-state index in [9.17, 15) is 42.7 Å². The van der Waals surface area contributed by atoms with Gasteiger partial charge in [-0.15, -0.1) is 4.91 Å². The molecule has 5 rings (SSSR count). The zero-order valence-electron chi connectivity index (χ0n) is 23.0. The van der Waals surface area contributed by atoms with Crippen LogP contribution in [-0.4, -0.2) is 69.9 Å². The molecule has 1 spiro atoms. The summed E-state index contributed by atoms with van der Waals surface area (Å²) in [5, 5.41) is 24.0. The second-order valence-electron chi connectivity index (χ2n) is 12.5. The number of benzene rings is 1. The number of aromatic hydroxyl groups is 1. The third-order valence-corrected chi connectivity index (χ3v) is 10.7. The summed E-state index contributed by atoms with van der Waals surface area (Å²) in [5.41, 5.74) is -0.342. The van der Waals surface area contributed by atoms with Gasteiger partial charge in [-0.05, 0) is 71.7 Å². The summed E-state index contributed by atoms with van der Waals surface area (Å²) >= 11 is 0. The highest BCUT2D eigenvalue weighted by Crippen LogP contribution is 2.93. The SMILES string of the molecule is CC1(C)C2(C)CCC3CC(OC(=O)C4CCCN4C(=O)C(NC(=O)C(O)Cc4ccc(O)c(N=O)c4)C(F)(F)F)C312. The van der Waals surface area contributed by atoms with Crippen molar-refractivity contribution in [2.75, 3.05) is 6.54 Å². The lowest BCUT2D eigenvalue weighted by Gasteiger charge is -2.46. The number of aliphatic hydroxyl groups is 1. The van der Waals surface area contributed by atoms with Crippen LogP contribution in [-0.2, 0) is 25.5 Å². The maximum absolute atomic E-state index is 14.0. The van der Waals surface area contributed by atoms with Gasteiger partial charge in [-0.3, -0.25) is 9.59 Å². The number of alkyl halides is 3. The Labute approximate surface area is 234 Å². The third-order valence-electron chi connectivity index (χ3n) is 10.7. The average Bonchev–Trinajstić information content (AvgIpc) is 3.25. The van der Waals surface area contributed by atoms with E-state index in [0.717, 1.165) is 29.9 Å². The molecule has 0 bridgehead atoms. The number of hydrogen-bond acceptors (Lipinski definition) is 8. The molecule has 224 valence electrons. The van der Waals surface area contributed by atoms with Crippen molar-refractivity contribution in [3.05, 3.63) is 28.7 Å². The molecule has 2 amide bonds. The Kier molecular flexibility index (Phi) is 6.91. The summed E-state index contributed by atoms with van der Waals surface area (Å²) < 4.78 is 47.9. The molecule has 0 aromatic heterocycles. The number of likely N-dealkylation sites (tertiary alicyclic amines) is 1. The average molecular weight is 582 g/mol. The van der Waals surface area contributed by atoms with Crippen molar-refractivity contribution in [2.45, 2.75) is 89.8 Å². The van der Waals surface area contributed by atoms with E-state index in [1.807, 2.05) is 0 Å². The second kappa shape index (κ2) is 9.67. The molecule has 13 heteroatoms. The van der Waals surface area contributed by atoms with E-state index in [1.165, 1.54) is 6.07 Å². The van der Waals surface area contributed by atoms with Crippen molar-refractivity contribution in [1.82, 2.24) is 10.2 Å². The number of nitroso groups, excluding NO2 is 1. The van der Waals surface area contributed by atoms with E-state index < -0.39 is 54.3 Å². The first kappa shape index (κ1) is 29.3. The fourth-order valence-electron chi connectivity index (χ4n) is 8.45. The van der Waals surface area contributed by atoms with Crippen LogP contribution >= 0.6 is 0 Å². The van der Waals surface area contributed by atoms with E-state index in [1.54, 1.807) is 5.32 Å². The number of carbonyl (C=O) groups is 3. The van der Waals surface area contributed by atoms with E-state index in [0.29, 0.717) is 18.8 Å². The van der Waals surface area contributed by atoms with Gasteiger partial charge in [-0.1, -0.05) is 26.8 Å². The minimum absolute atomic E-state index is 0.0186. The fourth-order valence-corrected chi connectivity index (χ4v) is 8.45. The number of aliphatic hydroxyl groups excluding tert-OH is 1. The quantitative estimate of drug-likeness (QED) is 0.315. The predicted molar refractivity (Wildman–Crippen MR) is 138 cm³/mol. The largest absolute Gasteiger partial charge is 0.506 e. The Morgan fingerprint density at radius 2 is 1.93 bits per heavy atom. The zero-order valence-corrected chi connectivity index (χ0v) is 23.0. The summed E-state index contributed by atoms with van der Waals surface area (Å²) in [7, 11) is 0. The van der Waals surface area contributed by atoms with Crippen LogP contribution in [0.2, 0.25) is 0 Å². The summed E-state index contributed by atoms with van der Waals surface area (Å²) in [5.74, 6) is -3.70. The van der Waals surface area contributed by atoms with Crippen LogP contribution in [0, 0.1) is 27.1 Å². The lowest BCUT2D eigenvalue weighted by Crippen LogP contribution is -2.59. The Bertz CT molecular complexity index is 1290. The lowest BCUT2D eigenvalue weighted by molar-refractivity contribution is -0.186. The van der Waals surface area contributed by atoms with Gasteiger partial charge in [0.15, 0.2) is 0 Å². The number of nitrogens with one attached hydrogen (secondary N) is 1. The Hall–Kier alpha value is -3.22. The summed E-state index contributed by atoms with van der Waals surface area (Å²) in [6.45, 7) is 6.41. The van der Waals surface area contributed by atoms with Gasteiger partial charge in [0.25, 0.3) is 5.91 Å². The highest BCUT2D eigenvalue weighted by Gasteiger charge is 2.91. The van der Waals surface area contributed by atoms with Gasteiger partial charge in [-0.2, -0.15) is 13.2 Å². The van der Waals surface area contributed by atoms with Crippen LogP contribution in [0.15, 0.2) is 23.4 Å².